The third-order valence-electron chi connectivity index (χ3n) is 7.13. The molecule has 0 aliphatic carbocycles. The molecule has 10 nitrogen and oxygen atoms in total. The maximum absolute atomic E-state index is 13.9. The number of aromatic amines is 1. The number of aromatic nitrogens is 1. The van der Waals surface area contributed by atoms with E-state index in [0.717, 1.165) is 29.3 Å². The SMILES string of the molecule is COC(=O)[C@@H](NC(=O)C1c2[nH]c3ccccc3c2CCN1C(=O)CCCCCCC(=O)NO)c1ccccc1. The lowest BCUT2D eigenvalue weighted by molar-refractivity contribution is -0.147. The van der Waals surface area contributed by atoms with Crippen LogP contribution in [0.3, 0.4) is 0 Å². The van der Waals surface area contributed by atoms with Gasteiger partial charge in [0, 0.05) is 30.3 Å². The molecule has 2 atom stereocenters. The Hall–Kier alpha value is -4.18. The van der Waals surface area contributed by atoms with E-state index < -0.39 is 29.9 Å². The number of H-pyrrole nitrogens is 1. The monoisotopic (exact) mass is 534 g/mol. The van der Waals surface area contributed by atoms with Crippen molar-refractivity contribution in [2.75, 3.05) is 13.7 Å². The largest absolute Gasteiger partial charge is 0.467 e. The van der Waals surface area contributed by atoms with E-state index in [4.69, 9.17) is 9.94 Å². The molecule has 3 aromatic rings. The van der Waals surface area contributed by atoms with Gasteiger partial charge in [-0.1, -0.05) is 61.4 Å². The van der Waals surface area contributed by atoms with Crippen LogP contribution in [0.1, 0.15) is 67.4 Å². The second-order valence-corrected chi connectivity index (χ2v) is 9.63. The highest BCUT2D eigenvalue weighted by Gasteiger charge is 2.39. The Morgan fingerprint density at radius 3 is 2.41 bits per heavy atom. The van der Waals surface area contributed by atoms with Crippen LogP contribution in [0.2, 0.25) is 0 Å². The molecule has 3 amide bonds. The Balaban J connectivity index is 1.55. The highest BCUT2D eigenvalue weighted by molar-refractivity contribution is 5.95. The first-order valence-electron chi connectivity index (χ1n) is 13.2. The minimum Gasteiger partial charge on any atom is -0.467 e. The predicted octanol–water partition coefficient (Wildman–Crippen LogP) is 3.47. The van der Waals surface area contributed by atoms with E-state index in [1.807, 2.05) is 30.3 Å². The fourth-order valence-corrected chi connectivity index (χ4v) is 5.16. The first-order chi connectivity index (χ1) is 18.9. The quantitative estimate of drug-likeness (QED) is 0.129. The summed E-state index contributed by atoms with van der Waals surface area (Å²) in [5.41, 5.74) is 4.72. The molecular weight excluding hydrogens is 500 g/mol. The van der Waals surface area contributed by atoms with Crippen LogP contribution in [0.4, 0.5) is 0 Å². The predicted molar refractivity (Wildman–Crippen MR) is 143 cm³/mol. The molecule has 206 valence electrons. The molecule has 2 aromatic carbocycles. The molecule has 39 heavy (non-hydrogen) atoms. The molecule has 0 saturated carbocycles. The minimum atomic E-state index is -1.02. The van der Waals surface area contributed by atoms with Gasteiger partial charge in [0.2, 0.25) is 17.7 Å². The number of ether oxygens (including phenoxy) is 1. The maximum Gasteiger partial charge on any atom is 0.333 e. The number of hydrogen-bond acceptors (Lipinski definition) is 6. The van der Waals surface area contributed by atoms with Crippen LogP contribution in [0, 0.1) is 0 Å². The van der Waals surface area contributed by atoms with E-state index in [-0.39, 0.29) is 18.7 Å². The van der Waals surface area contributed by atoms with Crippen molar-refractivity contribution in [3.63, 3.8) is 0 Å². The van der Waals surface area contributed by atoms with Crippen molar-refractivity contribution < 1.29 is 29.1 Å². The number of esters is 1. The lowest BCUT2D eigenvalue weighted by Crippen LogP contribution is -2.48. The lowest BCUT2D eigenvalue weighted by Gasteiger charge is -2.35. The van der Waals surface area contributed by atoms with Crippen molar-refractivity contribution in [2.45, 2.75) is 57.0 Å². The number of carbonyl (C=O) groups excluding carboxylic acids is 4. The maximum atomic E-state index is 13.9. The molecule has 1 aliphatic heterocycles. The number of amides is 3. The van der Waals surface area contributed by atoms with Crippen LogP contribution in [0.15, 0.2) is 54.6 Å². The molecule has 1 aromatic heterocycles. The molecule has 1 aliphatic rings. The fraction of sp³-hybridized carbons (Fsp3) is 0.379. The van der Waals surface area contributed by atoms with Crippen molar-refractivity contribution in [3.8, 4) is 0 Å². The van der Waals surface area contributed by atoms with Gasteiger partial charge in [-0.2, -0.15) is 0 Å². The number of fused-ring (bicyclic) bond motifs is 3. The second-order valence-electron chi connectivity index (χ2n) is 9.63. The molecular formula is C29H34N4O6. The summed E-state index contributed by atoms with van der Waals surface area (Å²) in [6, 6.07) is 14.7. The Morgan fingerprint density at radius 1 is 1.00 bits per heavy atom. The van der Waals surface area contributed by atoms with E-state index in [0.29, 0.717) is 37.1 Å². The number of benzene rings is 2. The summed E-state index contributed by atoms with van der Waals surface area (Å²) in [5, 5.41) is 12.4. The molecule has 0 bridgehead atoms. The number of carbonyl (C=O) groups is 4. The third-order valence-corrected chi connectivity index (χ3v) is 7.13. The van der Waals surface area contributed by atoms with Crippen molar-refractivity contribution in [3.05, 3.63) is 71.4 Å². The molecule has 0 saturated heterocycles. The topological polar surface area (TPSA) is 141 Å². The van der Waals surface area contributed by atoms with Gasteiger partial charge in [-0.05, 0) is 36.5 Å². The van der Waals surface area contributed by atoms with Crippen LogP contribution >= 0.6 is 0 Å². The summed E-state index contributed by atoms with van der Waals surface area (Å²) in [4.78, 5) is 56.1. The van der Waals surface area contributed by atoms with Crippen LogP contribution in [0.5, 0.6) is 0 Å². The molecule has 0 radical (unpaired) electrons. The number of para-hydroxylation sites is 1. The number of methoxy groups -OCH3 is 1. The number of unbranched alkanes of at least 4 members (excludes halogenated alkanes) is 3. The highest BCUT2D eigenvalue weighted by Crippen LogP contribution is 2.35. The highest BCUT2D eigenvalue weighted by atomic mass is 16.5. The Labute approximate surface area is 226 Å². The normalized spacial score (nSPS) is 15.3. The summed E-state index contributed by atoms with van der Waals surface area (Å²) in [5.74, 6) is -1.65. The molecule has 1 unspecified atom stereocenters. The average Bonchev–Trinajstić information content (AvgIpc) is 3.35. The van der Waals surface area contributed by atoms with Crippen LogP contribution in [-0.2, 0) is 30.3 Å². The molecule has 0 fully saturated rings. The minimum absolute atomic E-state index is 0.151. The lowest BCUT2D eigenvalue weighted by atomic mass is 9.95. The second kappa shape index (κ2) is 13.1. The Bertz CT molecular complexity index is 1320. The Kier molecular flexibility index (Phi) is 9.32. The number of hydroxylamine groups is 1. The summed E-state index contributed by atoms with van der Waals surface area (Å²) in [7, 11) is 1.27. The summed E-state index contributed by atoms with van der Waals surface area (Å²) in [6.45, 7) is 0.372. The molecule has 4 N–H and O–H groups in total. The number of hydrogen-bond donors (Lipinski definition) is 4. The van der Waals surface area contributed by atoms with Crippen LogP contribution < -0.4 is 10.8 Å². The van der Waals surface area contributed by atoms with Gasteiger partial charge in [0.15, 0.2) is 12.1 Å². The molecule has 4 rings (SSSR count). The fourth-order valence-electron chi connectivity index (χ4n) is 5.16. The number of nitrogens with zero attached hydrogens (tertiary/aromatic N) is 1. The zero-order chi connectivity index (χ0) is 27.8. The van der Waals surface area contributed by atoms with Crippen molar-refractivity contribution in [2.24, 2.45) is 0 Å². The van der Waals surface area contributed by atoms with Gasteiger partial charge in [0.25, 0.3) is 0 Å². The smallest absolute Gasteiger partial charge is 0.333 e. The van der Waals surface area contributed by atoms with Gasteiger partial charge in [-0.25, -0.2) is 10.3 Å². The zero-order valence-corrected chi connectivity index (χ0v) is 21.9. The summed E-state index contributed by atoms with van der Waals surface area (Å²) < 4.78 is 4.97. The average molecular weight is 535 g/mol. The van der Waals surface area contributed by atoms with Crippen LogP contribution in [-0.4, -0.2) is 52.4 Å². The van der Waals surface area contributed by atoms with Gasteiger partial charge in [-0.15, -0.1) is 0 Å². The van der Waals surface area contributed by atoms with Crippen molar-refractivity contribution in [1.82, 2.24) is 20.7 Å². The molecule has 10 heteroatoms. The molecule has 0 spiro atoms. The summed E-state index contributed by atoms with van der Waals surface area (Å²) in [6.07, 6.45) is 3.79. The summed E-state index contributed by atoms with van der Waals surface area (Å²) >= 11 is 0. The third kappa shape index (κ3) is 6.46. The van der Waals surface area contributed by atoms with Crippen LogP contribution in [0.25, 0.3) is 10.9 Å². The zero-order valence-electron chi connectivity index (χ0n) is 21.9. The Morgan fingerprint density at radius 2 is 1.69 bits per heavy atom. The van der Waals surface area contributed by atoms with E-state index >= 15 is 0 Å². The van der Waals surface area contributed by atoms with Gasteiger partial charge < -0.3 is 19.9 Å². The van der Waals surface area contributed by atoms with Gasteiger partial charge in [0.05, 0.1) is 12.8 Å². The van der Waals surface area contributed by atoms with Gasteiger partial charge >= 0.3 is 5.97 Å². The number of nitrogens with one attached hydrogen (secondary N) is 3. The number of rotatable bonds is 11. The first-order valence-corrected chi connectivity index (χ1v) is 13.2. The molecule has 2 heterocycles. The first kappa shape index (κ1) is 27.8. The van der Waals surface area contributed by atoms with Gasteiger partial charge in [0.1, 0.15) is 0 Å². The van der Waals surface area contributed by atoms with E-state index in [2.05, 4.69) is 10.3 Å². The van der Waals surface area contributed by atoms with Crippen molar-refractivity contribution >= 4 is 34.6 Å². The standard InChI is InChI=1S/C29H34N4O6/c1-39-29(37)25(19-11-5-4-6-12-19)31-28(36)27-26-21(20-13-9-10-14-22(20)30-26)17-18-33(27)24(35)16-8-3-2-7-15-23(34)32-38/h4-6,9-14,25,27,30,38H,2-3,7-8,15-18H2,1H3,(H,31,36)(H,32,34)/t25-,27?/m0/s1. The van der Waals surface area contributed by atoms with E-state index in [9.17, 15) is 19.2 Å². The van der Waals surface area contributed by atoms with E-state index in [1.165, 1.54) is 7.11 Å². The van der Waals surface area contributed by atoms with Crippen molar-refractivity contribution in [1.29, 1.82) is 0 Å². The van der Waals surface area contributed by atoms with Gasteiger partial charge in [-0.3, -0.25) is 19.6 Å². The van der Waals surface area contributed by atoms with E-state index in [1.54, 1.807) is 34.6 Å².